The van der Waals surface area contributed by atoms with Gasteiger partial charge in [-0.15, -0.1) is 0 Å². The van der Waals surface area contributed by atoms with Gasteiger partial charge < -0.3 is 0 Å². The first-order valence-electron chi connectivity index (χ1n) is 8.76. The van der Waals surface area contributed by atoms with E-state index >= 15 is 0 Å². The normalized spacial score (nSPS) is 13.1. The van der Waals surface area contributed by atoms with Gasteiger partial charge in [0, 0.05) is 23.5 Å². The van der Waals surface area contributed by atoms with E-state index < -0.39 is 10.8 Å². The molecule has 1 atom stereocenters. The van der Waals surface area contributed by atoms with Crippen molar-refractivity contribution in [1.29, 1.82) is 0 Å². The third-order valence-electron chi connectivity index (χ3n) is 4.27. The number of rotatable bonds is 8. The minimum absolute atomic E-state index is 0.189. The average molecular weight is 337 g/mol. The standard InChI is InChI=1S/C20H32O2S/c1-8-17(21)9-10-23(22)20-18(14(4)5)11-16(13(2)3)12-19(20)15(6)7/h11-15H,8-10H2,1-7H3. The summed E-state index contributed by atoms with van der Waals surface area (Å²) >= 11 is 0. The van der Waals surface area contributed by atoms with E-state index in [0.29, 0.717) is 36.3 Å². The number of hydrogen-bond acceptors (Lipinski definition) is 2. The summed E-state index contributed by atoms with van der Waals surface area (Å²) in [5.74, 6) is 1.73. The molecule has 23 heavy (non-hydrogen) atoms. The van der Waals surface area contributed by atoms with Crippen molar-refractivity contribution in [3.63, 3.8) is 0 Å². The van der Waals surface area contributed by atoms with Crippen molar-refractivity contribution in [1.82, 2.24) is 0 Å². The van der Waals surface area contributed by atoms with Gasteiger partial charge in [0.15, 0.2) is 0 Å². The Balaban J connectivity index is 3.36. The molecule has 0 bridgehead atoms. The van der Waals surface area contributed by atoms with E-state index in [1.165, 1.54) is 16.7 Å². The number of benzene rings is 1. The molecule has 2 nitrogen and oxygen atoms in total. The third kappa shape index (κ3) is 5.27. The largest absolute Gasteiger partial charge is 0.300 e. The van der Waals surface area contributed by atoms with Crippen LogP contribution in [0.3, 0.4) is 0 Å². The van der Waals surface area contributed by atoms with Crippen molar-refractivity contribution in [2.45, 2.75) is 84.0 Å². The molecular weight excluding hydrogens is 304 g/mol. The van der Waals surface area contributed by atoms with Crippen LogP contribution in [0.15, 0.2) is 17.0 Å². The molecule has 0 spiro atoms. The summed E-state index contributed by atoms with van der Waals surface area (Å²) in [5, 5.41) is 0. The zero-order valence-electron chi connectivity index (χ0n) is 15.7. The first-order valence-corrected chi connectivity index (χ1v) is 10.1. The molecule has 130 valence electrons. The van der Waals surface area contributed by atoms with Crippen LogP contribution in [0, 0.1) is 0 Å². The lowest BCUT2D eigenvalue weighted by Crippen LogP contribution is -2.12. The lowest BCUT2D eigenvalue weighted by Gasteiger charge is -2.22. The zero-order chi connectivity index (χ0) is 17.7. The van der Waals surface area contributed by atoms with Crippen LogP contribution in [0.4, 0.5) is 0 Å². The van der Waals surface area contributed by atoms with E-state index in [-0.39, 0.29) is 5.78 Å². The summed E-state index contributed by atoms with van der Waals surface area (Å²) in [4.78, 5) is 12.6. The highest BCUT2D eigenvalue weighted by Gasteiger charge is 2.21. The lowest BCUT2D eigenvalue weighted by atomic mass is 9.89. The van der Waals surface area contributed by atoms with Crippen molar-refractivity contribution < 1.29 is 9.00 Å². The van der Waals surface area contributed by atoms with Crippen LogP contribution in [-0.2, 0) is 15.6 Å². The van der Waals surface area contributed by atoms with Crippen LogP contribution >= 0.6 is 0 Å². The van der Waals surface area contributed by atoms with E-state index in [4.69, 9.17) is 0 Å². The van der Waals surface area contributed by atoms with Crippen LogP contribution in [0.5, 0.6) is 0 Å². The SMILES string of the molecule is CCC(=O)CCS(=O)c1c(C(C)C)cc(C(C)C)cc1C(C)C. The highest BCUT2D eigenvalue weighted by molar-refractivity contribution is 7.85. The average Bonchev–Trinajstić information content (AvgIpc) is 2.50. The van der Waals surface area contributed by atoms with E-state index in [2.05, 4.69) is 53.7 Å². The zero-order valence-corrected chi connectivity index (χ0v) is 16.5. The molecule has 0 aliphatic carbocycles. The van der Waals surface area contributed by atoms with Gasteiger partial charge in [0.05, 0.1) is 10.8 Å². The summed E-state index contributed by atoms with van der Waals surface area (Å²) < 4.78 is 13.0. The Morgan fingerprint density at radius 3 is 1.78 bits per heavy atom. The van der Waals surface area contributed by atoms with Crippen molar-refractivity contribution in [3.05, 3.63) is 28.8 Å². The molecule has 0 saturated heterocycles. The third-order valence-corrected chi connectivity index (χ3v) is 5.77. The molecule has 0 aliphatic heterocycles. The van der Waals surface area contributed by atoms with Gasteiger partial charge in [-0.2, -0.15) is 0 Å². The fourth-order valence-electron chi connectivity index (χ4n) is 2.64. The van der Waals surface area contributed by atoms with Crippen LogP contribution in [0.25, 0.3) is 0 Å². The second-order valence-corrected chi connectivity index (χ2v) is 8.69. The lowest BCUT2D eigenvalue weighted by molar-refractivity contribution is -0.118. The Bertz CT molecular complexity index is 542. The van der Waals surface area contributed by atoms with Gasteiger partial charge in [-0.05, 0) is 34.4 Å². The number of ketones is 1. The molecule has 1 aromatic rings. The Morgan fingerprint density at radius 2 is 1.43 bits per heavy atom. The molecule has 0 aliphatic rings. The Labute approximate surface area is 144 Å². The minimum Gasteiger partial charge on any atom is -0.300 e. The second kappa shape index (κ2) is 8.77. The molecule has 0 heterocycles. The maximum Gasteiger partial charge on any atom is 0.133 e. The predicted octanol–water partition coefficient (Wildman–Crippen LogP) is 5.53. The first-order chi connectivity index (χ1) is 10.7. The molecule has 0 fully saturated rings. The number of carbonyl (C=O) groups excluding carboxylic acids is 1. The van der Waals surface area contributed by atoms with E-state index in [1.807, 2.05) is 6.92 Å². The van der Waals surface area contributed by atoms with Gasteiger partial charge in [-0.1, -0.05) is 60.6 Å². The monoisotopic (exact) mass is 336 g/mol. The molecule has 1 unspecified atom stereocenters. The summed E-state index contributed by atoms with van der Waals surface area (Å²) in [6, 6.07) is 4.44. The molecule has 0 radical (unpaired) electrons. The second-order valence-electron chi connectivity index (χ2n) is 7.18. The molecule has 3 heteroatoms. The molecule has 0 amide bonds. The Hall–Kier alpha value is -0.960. The van der Waals surface area contributed by atoms with Crippen LogP contribution in [0.1, 0.15) is 95.8 Å². The Morgan fingerprint density at radius 1 is 0.957 bits per heavy atom. The van der Waals surface area contributed by atoms with E-state index in [9.17, 15) is 9.00 Å². The number of carbonyl (C=O) groups is 1. The summed E-state index contributed by atoms with van der Waals surface area (Å²) in [6.07, 6.45) is 0.932. The molecule has 1 rings (SSSR count). The van der Waals surface area contributed by atoms with Gasteiger partial charge >= 0.3 is 0 Å². The van der Waals surface area contributed by atoms with E-state index in [1.54, 1.807) is 0 Å². The van der Waals surface area contributed by atoms with Crippen molar-refractivity contribution in [2.24, 2.45) is 0 Å². The topological polar surface area (TPSA) is 34.1 Å². The van der Waals surface area contributed by atoms with Crippen molar-refractivity contribution in [3.8, 4) is 0 Å². The van der Waals surface area contributed by atoms with Gasteiger partial charge in [-0.25, -0.2) is 0 Å². The van der Waals surface area contributed by atoms with Gasteiger partial charge in [0.1, 0.15) is 5.78 Å². The quantitative estimate of drug-likeness (QED) is 0.625. The maximum atomic E-state index is 13.0. The van der Waals surface area contributed by atoms with Gasteiger partial charge in [-0.3, -0.25) is 9.00 Å². The van der Waals surface area contributed by atoms with Gasteiger partial charge in [0.2, 0.25) is 0 Å². The molecule has 1 aromatic carbocycles. The first kappa shape index (κ1) is 20.1. The van der Waals surface area contributed by atoms with Crippen LogP contribution in [0.2, 0.25) is 0 Å². The highest BCUT2D eigenvalue weighted by atomic mass is 32.2. The molecule has 0 aromatic heterocycles. The number of Topliss-reactive ketones (excluding diaryl/α,β-unsaturated/α-hetero) is 1. The number of hydrogen-bond donors (Lipinski definition) is 0. The minimum atomic E-state index is -1.11. The fraction of sp³-hybridized carbons (Fsp3) is 0.650. The summed E-state index contributed by atoms with van der Waals surface area (Å²) in [6.45, 7) is 14.9. The smallest absolute Gasteiger partial charge is 0.133 e. The molecular formula is C20H32O2S. The van der Waals surface area contributed by atoms with Gasteiger partial charge in [0.25, 0.3) is 0 Å². The maximum absolute atomic E-state index is 13.0. The van der Waals surface area contributed by atoms with Crippen molar-refractivity contribution in [2.75, 3.05) is 5.75 Å². The van der Waals surface area contributed by atoms with Crippen LogP contribution in [-0.4, -0.2) is 15.7 Å². The van der Waals surface area contributed by atoms with E-state index in [0.717, 1.165) is 4.90 Å². The molecule has 0 saturated carbocycles. The van der Waals surface area contributed by atoms with Crippen molar-refractivity contribution >= 4 is 16.6 Å². The predicted molar refractivity (Wildman–Crippen MR) is 99.9 cm³/mol. The summed E-state index contributed by atoms with van der Waals surface area (Å²) in [7, 11) is -1.11. The fourth-order valence-corrected chi connectivity index (χ4v) is 4.37. The summed E-state index contributed by atoms with van der Waals surface area (Å²) in [5.41, 5.74) is 3.67. The molecule has 0 N–H and O–H groups in total. The van der Waals surface area contributed by atoms with Crippen LogP contribution < -0.4 is 0 Å². The Kier molecular flexibility index (Phi) is 7.66. The highest BCUT2D eigenvalue weighted by Crippen LogP contribution is 2.34.